The number of halogens is 2. The van der Waals surface area contributed by atoms with Gasteiger partial charge in [0, 0.05) is 29.0 Å². The first-order chi connectivity index (χ1) is 12.1. The molecule has 0 atom stereocenters. The zero-order valence-corrected chi connectivity index (χ0v) is 13.9. The SMILES string of the molecule is O=C(NCc1ccc(F)cc1)c1ccnc(Nc2cccc(Cl)c2)c1. The van der Waals surface area contributed by atoms with E-state index in [1.54, 1.807) is 42.6 Å². The van der Waals surface area contributed by atoms with E-state index in [0.29, 0.717) is 22.9 Å². The van der Waals surface area contributed by atoms with Crippen molar-refractivity contribution in [1.82, 2.24) is 10.3 Å². The van der Waals surface area contributed by atoms with Crippen molar-refractivity contribution in [3.63, 3.8) is 0 Å². The fourth-order valence-electron chi connectivity index (χ4n) is 2.24. The van der Waals surface area contributed by atoms with Gasteiger partial charge in [-0.05, 0) is 48.0 Å². The van der Waals surface area contributed by atoms with E-state index in [-0.39, 0.29) is 11.7 Å². The molecule has 0 saturated heterocycles. The van der Waals surface area contributed by atoms with E-state index >= 15 is 0 Å². The van der Waals surface area contributed by atoms with Crippen LogP contribution in [0, 0.1) is 5.82 Å². The van der Waals surface area contributed by atoms with Crippen LogP contribution in [0.25, 0.3) is 0 Å². The normalized spacial score (nSPS) is 10.3. The van der Waals surface area contributed by atoms with Gasteiger partial charge < -0.3 is 10.6 Å². The molecule has 1 heterocycles. The maximum absolute atomic E-state index is 12.9. The molecule has 3 rings (SSSR count). The lowest BCUT2D eigenvalue weighted by Gasteiger charge is -2.09. The molecule has 2 aromatic carbocycles. The highest BCUT2D eigenvalue weighted by Crippen LogP contribution is 2.19. The number of hydrogen-bond acceptors (Lipinski definition) is 3. The highest BCUT2D eigenvalue weighted by atomic mass is 35.5. The van der Waals surface area contributed by atoms with Gasteiger partial charge in [-0.2, -0.15) is 0 Å². The summed E-state index contributed by atoms with van der Waals surface area (Å²) in [5.74, 6) is -0.00138. The Morgan fingerprint density at radius 3 is 2.64 bits per heavy atom. The second-order valence-electron chi connectivity index (χ2n) is 5.37. The first kappa shape index (κ1) is 16.9. The van der Waals surface area contributed by atoms with E-state index in [9.17, 15) is 9.18 Å². The van der Waals surface area contributed by atoms with E-state index in [1.807, 2.05) is 12.1 Å². The van der Waals surface area contributed by atoms with Crippen LogP contribution in [0.1, 0.15) is 15.9 Å². The lowest BCUT2D eigenvalue weighted by atomic mass is 10.2. The van der Waals surface area contributed by atoms with E-state index in [2.05, 4.69) is 15.6 Å². The van der Waals surface area contributed by atoms with Gasteiger partial charge in [0.15, 0.2) is 0 Å². The predicted molar refractivity (Wildman–Crippen MR) is 96.5 cm³/mol. The standard InChI is InChI=1S/C19H15ClFN3O/c20-15-2-1-3-17(11-15)24-18-10-14(8-9-22-18)19(25)23-12-13-4-6-16(21)7-5-13/h1-11H,12H2,(H,22,24)(H,23,25). The van der Waals surface area contributed by atoms with E-state index < -0.39 is 0 Å². The largest absolute Gasteiger partial charge is 0.348 e. The van der Waals surface area contributed by atoms with E-state index in [4.69, 9.17) is 11.6 Å². The molecule has 126 valence electrons. The van der Waals surface area contributed by atoms with Crippen LogP contribution in [0.2, 0.25) is 5.02 Å². The van der Waals surface area contributed by atoms with Gasteiger partial charge in [0.2, 0.25) is 0 Å². The van der Waals surface area contributed by atoms with Gasteiger partial charge in [0.25, 0.3) is 5.91 Å². The summed E-state index contributed by atoms with van der Waals surface area (Å²) in [6.45, 7) is 0.318. The van der Waals surface area contributed by atoms with Crippen LogP contribution in [-0.2, 0) is 6.54 Å². The highest BCUT2D eigenvalue weighted by molar-refractivity contribution is 6.30. The third-order valence-corrected chi connectivity index (χ3v) is 3.72. The van der Waals surface area contributed by atoms with Gasteiger partial charge in [-0.3, -0.25) is 4.79 Å². The molecule has 0 aliphatic rings. The third kappa shape index (κ3) is 4.78. The minimum absolute atomic E-state index is 0.235. The Labute approximate surface area is 149 Å². The molecule has 0 aliphatic heterocycles. The van der Waals surface area contributed by atoms with Crippen LogP contribution < -0.4 is 10.6 Å². The Morgan fingerprint density at radius 2 is 1.88 bits per heavy atom. The number of aromatic nitrogens is 1. The van der Waals surface area contributed by atoms with Gasteiger partial charge in [0.05, 0.1) is 0 Å². The first-order valence-electron chi connectivity index (χ1n) is 7.61. The lowest BCUT2D eigenvalue weighted by molar-refractivity contribution is 0.0951. The number of nitrogens with one attached hydrogen (secondary N) is 2. The summed E-state index contributed by atoms with van der Waals surface area (Å²) in [6, 6.07) is 16.5. The number of carbonyl (C=O) groups excluding carboxylic acids is 1. The molecule has 0 aliphatic carbocycles. The van der Waals surface area contributed by atoms with Gasteiger partial charge in [-0.15, -0.1) is 0 Å². The average Bonchev–Trinajstić information content (AvgIpc) is 2.61. The smallest absolute Gasteiger partial charge is 0.251 e. The Hall–Kier alpha value is -2.92. The van der Waals surface area contributed by atoms with Crippen molar-refractivity contribution in [2.24, 2.45) is 0 Å². The number of pyridine rings is 1. The number of amides is 1. The molecule has 0 unspecified atom stereocenters. The second-order valence-corrected chi connectivity index (χ2v) is 5.81. The van der Waals surface area contributed by atoms with Crippen LogP contribution in [0.3, 0.4) is 0 Å². The summed E-state index contributed by atoms with van der Waals surface area (Å²) >= 11 is 5.95. The second kappa shape index (κ2) is 7.77. The van der Waals surface area contributed by atoms with Crippen LogP contribution >= 0.6 is 11.6 Å². The number of rotatable bonds is 5. The van der Waals surface area contributed by atoms with E-state index in [0.717, 1.165) is 11.3 Å². The van der Waals surface area contributed by atoms with Crippen molar-refractivity contribution in [2.75, 3.05) is 5.32 Å². The zero-order valence-electron chi connectivity index (χ0n) is 13.2. The number of anilines is 2. The Balaban J connectivity index is 1.65. The average molecular weight is 356 g/mol. The fourth-order valence-corrected chi connectivity index (χ4v) is 2.43. The van der Waals surface area contributed by atoms with Crippen molar-refractivity contribution in [3.8, 4) is 0 Å². The predicted octanol–water partition coefficient (Wildman–Crippen LogP) is 4.55. The van der Waals surface area contributed by atoms with Crippen molar-refractivity contribution >= 4 is 29.0 Å². The van der Waals surface area contributed by atoms with Gasteiger partial charge >= 0.3 is 0 Å². The molecule has 0 spiro atoms. The van der Waals surface area contributed by atoms with Gasteiger partial charge in [-0.1, -0.05) is 29.8 Å². The molecule has 4 nitrogen and oxygen atoms in total. The zero-order chi connectivity index (χ0) is 17.6. The van der Waals surface area contributed by atoms with Gasteiger partial charge in [0.1, 0.15) is 11.6 Å². The molecule has 0 radical (unpaired) electrons. The first-order valence-corrected chi connectivity index (χ1v) is 7.99. The van der Waals surface area contributed by atoms with Gasteiger partial charge in [-0.25, -0.2) is 9.37 Å². The molecule has 1 aromatic heterocycles. The Bertz CT molecular complexity index is 884. The molecule has 0 bridgehead atoms. The van der Waals surface area contributed by atoms with E-state index in [1.165, 1.54) is 12.1 Å². The minimum Gasteiger partial charge on any atom is -0.348 e. The fraction of sp³-hybridized carbons (Fsp3) is 0.0526. The van der Waals surface area contributed by atoms with Crippen molar-refractivity contribution in [2.45, 2.75) is 6.54 Å². The number of hydrogen-bond donors (Lipinski definition) is 2. The van der Waals surface area contributed by atoms with Crippen molar-refractivity contribution in [1.29, 1.82) is 0 Å². The maximum Gasteiger partial charge on any atom is 0.251 e. The van der Waals surface area contributed by atoms with Crippen molar-refractivity contribution in [3.05, 3.63) is 88.8 Å². The third-order valence-electron chi connectivity index (χ3n) is 3.49. The summed E-state index contributed by atoms with van der Waals surface area (Å²) < 4.78 is 12.9. The van der Waals surface area contributed by atoms with Crippen LogP contribution in [0.5, 0.6) is 0 Å². The summed E-state index contributed by atoms with van der Waals surface area (Å²) in [6.07, 6.45) is 1.56. The highest BCUT2D eigenvalue weighted by Gasteiger charge is 2.07. The Morgan fingerprint density at radius 1 is 1.08 bits per heavy atom. The lowest BCUT2D eigenvalue weighted by Crippen LogP contribution is -2.22. The van der Waals surface area contributed by atoms with Crippen LogP contribution in [0.4, 0.5) is 15.9 Å². The number of nitrogens with zero attached hydrogens (tertiary/aromatic N) is 1. The maximum atomic E-state index is 12.9. The Kier molecular flexibility index (Phi) is 5.26. The molecule has 0 fully saturated rings. The van der Waals surface area contributed by atoms with Crippen LogP contribution in [-0.4, -0.2) is 10.9 Å². The topological polar surface area (TPSA) is 54.0 Å². The summed E-state index contributed by atoms with van der Waals surface area (Å²) in [5.41, 5.74) is 2.08. The molecular weight excluding hydrogens is 341 g/mol. The minimum atomic E-state index is -0.305. The quantitative estimate of drug-likeness (QED) is 0.706. The molecule has 1 amide bonds. The molecule has 6 heteroatoms. The molecule has 0 saturated carbocycles. The monoisotopic (exact) mass is 355 g/mol. The molecule has 3 aromatic rings. The summed E-state index contributed by atoms with van der Waals surface area (Å²) in [7, 11) is 0. The van der Waals surface area contributed by atoms with Crippen molar-refractivity contribution < 1.29 is 9.18 Å². The molecular formula is C19H15ClFN3O. The number of carbonyl (C=O) groups is 1. The number of benzene rings is 2. The van der Waals surface area contributed by atoms with Crippen LogP contribution in [0.15, 0.2) is 66.9 Å². The molecule has 2 N–H and O–H groups in total. The summed E-state index contributed by atoms with van der Waals surface area (Å²) in [5, 5.41) is 6.51. The summed E-state index contributed by atoms with van der Waals surface area (Å²) in [4.78, 5) is 16.5. The molecule has 25 heavy (non-hydrogen) atoms.